The lowest BCUT2D eigenvalue weighted by Crippen LogP contribution is -2.46. The monoisotopic (exact) mass is 360 g/mol. The summed E-state index contributed by atoms with van der Waals surface area (Å²) in [6, 6.07) is 0. The summed E-state index contributed by atoms with van der Waals surface area (Å²) in [6.07, 6.45) is -12.6. The van der Waals surface area contributed by atoms with E-state index in [1.54, 1.807) is 0 Å². The number of nitrogens with one attached hydrogen (secondary N) is 1. The zero-order chi connectivity index (χ0) is 18.4. The summed E-state index contributed by atoms with van der Waals surface area (Å²) in [6.45, 7) is -0.796. The van der Waals surface area contributed by atoms with E-state index in [4.69, 9.17) is 14.9 Å². The Bertz CT molecular complexity index is 728. The van der Waals surface area contributed by atoms with Crippen LogP contribution in [0.3, 0.4) is 0 Å². The maximum Gasteiger partial charge on any atom is 0.453 e. The maximum atomic E-state index is 13.6. The summed E-state index contributed by atoms with van der Waals surface area (Å²) < 4.78 is 56.3. The molecule has 0 radical (unpaired) electrons. The van der Waals surface area contributed by atoms with E-state index in [1.165, 1.54) is 4.98 Å². The predicted molar refractivity (Wildman–Crippen MR) is 65.4 cm³/mol. The van der Waals surface area contributed by atoms with Gasteiger partial charge in [0.25, 0.3) is 5.56 Å². The second kappa shape index (κ2) is 5.93. The molecule has 24 heavy (non-hydrogen) atoms. The van der Waals surface area contributed by atoms with Gasteiger partial charge in [0.05, 0.1) is 6.61 Å². The van der Waals surface area contributed by atoms with E-state index in [1.807, 2.05) is 0 Å². The second-order valence-electron chi connectivity index (χ2n) is 5.06. The molecule has 1 aromatic rings. The molecule has 136 valence electrons. The van der Waals surface area contributed by atoms with Crippen LogP contribution < -0.4 is 11.2 Å². The third-order valence-electron chi connectivity index (χ3n) is 3.49. The number of aliphatic hydroxyl groups excluding tert-OH is 3. The van der Waals surface area contributed by atoms with Crippen molar-refractivity contribution in [2.75, 3.05) is 6.61 Å². The normalized spacial score (nSPS) is 30.3. The molecule has 13 heteroatoms. The fourth-order valence-corrected chi connectivity index (χ4v) is 2.17. The van der Waals surface area contributed by atoms with Crippen LogP contribution >= 0.6 is 0 Å². The van der Waals surface area contributed by atoms with Gasteiger partial charge in [-0.3, -0.25) is 14.3 Å². The third kappa shape index (κ3) is 2.84. The number of aromatic nitrogens is 2. The van der Waals surface area contributed by atoms with E-state index >= 15 is 0 Å². The van der Waals surface area contributed by atoms with Gasteiger partial charge in [-0.05, 0) is 0 Å². The first-order valence-corrected chi connectivity index (χ1v) is 6.38. The molecule has 2 heterocycles. The van der Waals surface area contributed by atoms with Crippen molar-refractivity contribution in [3.63, 3.8) is 0 Å². The molecule has 0 saturated carbocycles. The number of aromatic amines is 1. The SMILES string of the molecule is O=c1[nH]c(=O)n([C@H]2O[C@@H](CO)C(O)C2O)cc1C(O)(F)C(F)(F)F. The molecule has 1 aliphatic heterocycles. The predicted octanol–water partition coefficient (Wildman–Crippen LogP) is -2.17. The first-order chi connectivity index (χ1) is 10.9. The molecule has 1 aliphatic rings. The molecular formula is C11H12F4N2O7. The minimum atomic E-state index is -5.88. The van der Waals surface area contributed by atoms with Crippen LogP contribution in [0.4, 0.5) is 17.6 Å². The van der Waals surface area contributed by atoms with Crippen LogP contribution in [0.5, 0.6) is 0 Å². The van der Waals surface area contributed by atoms with Gasteiger partial charge in [-0.15, -0.1) is 0 Å². The molecule has 3 unspecified atom stereocenters. The second-order valence-corrected chi connectivity index (χ2v) is 5.06. The van der Waals surface area contributed by atoms with E-state index < -0.39 is 60.0 Å². The van der Waals surface area contributed by atoms with Gasteiger partial charge in [0.1, 0.15) is 23.9 Å². The minimum absolute atomic E-state index is 0.0228. The lowest BCUT2D eigenvalue weighted by atomic mass is 10.1. The van der Waals surface area contributed by atoms with Gasteiger partial charge in [0, 0.05) is 6.20 Å². The van der Waals surface area contributed by atoms with Gasteiger partial charge < -0.3 is 25.2 Å². The fraction of sp³-hybridized carbons (Fsp3) is 0.636. The number of alkyl halides is 4. The number of nitrogens with zero attached hydrogens (tertiary/aromatic N) is 1. The van der Waals surface area contributed by atoms with Crippen molar-refractivity contribution in [1.29, 1.82) is 0 Å². The number of H-pyrrole nitrogens is 1. The largest absolute Gasteiger partial charge is 0.453 e. The highest BCUT2D eigenvalue weighted by Crippen LogP contribution is 2.39. The molecule has 0 bridgehead atoms. The Morgan fingerprint density at radius 3 is 2.25 bits per heavy atom. The van der Waals surface area contributed by atoms with Crippen molar-refractivity contribution in [3.05, 3.63) is 32.6 Å². The standard InChI is InChI=1S/C11H12F4N2O7/c12-10(23,11(13,14)15)3-1-17(9(22)16-7(3)21)8-6(20)5(19)4(2-18)24-8/h1,4-6,8,18-20,23H,2H2,(H,16,21,22)/t4-,5?,6?,8-,10?/m0/s1. The summed E-state index contributed by atoms with van der Waals surface area (Å²) in [5.41, 5.74) is -5.10. The van der Waals surface area contributed by atoms with Crippen LogP contribution in [-0.2, 0) is 10.6 Å². The van der Waals surface area contributed by atoms with Crippen LogP contribution in [0.2, 0.25) is 0 Å². The van der Waals surface area contributed by atoms with Crippen LogP contribution in [0.25, 0.3) is 0 Å². The lowest BCUT2D eigenvalue weighted by Gasteiger charge is -2.23. The summed E-state index contributed by atoms with van der Waals surface area (Å²) in [5, 5.41) is 37.2. The van der Waals surface area contributed by atoms with Crippen molar-refractivity contribution < 1.29 is 42.7 Å². The third-order valence-corrected chi connectivity index (χ3v) is 3.49. The molecule has 0 amide bonds. The highest BCUT2D eigenvalue weighted by atomic mass is 19.4. The Balaban J connectivity index is 2.57. The van der Waals surface area contributed by atoms with E-state index in [0.29, 0.717) is 0 Å². The first-order valence-electron chi connectivity index (χ1n) is 6.38. The Hall–Kier alpha value is -1.80. The Morgan fingerprint density at radius 2 is 1.79 bits per heavy atom. The Kier molecular flexibility index (Phi) is 4.58. The number of hydrogen-bond donors (Lipinski definition) is 5. The average Bonchev–Trinajstić information content (AvgIpc) is 2.73. The summed E-state index contributed by atoms with van der Waals surface area (Å²) in [4.78, 5) is 24.4. The highest BCUT2D eigenvalue weighted by molar-refractivity contribution is 5.15. The van der Waals surface area contributed by atoms with Crippen molar-refractivity contribution in [3.8, 4) is 0 Å². The topological polar surface area (TPSA) is 145 Å². The number of rotatable bonds is 3. The fourth-order valence-electron chi connectivity index (χ4n) is 2.17. The van der Waals surface area contributed by atoms with Gasteiger partial charge in [-0.2, -0.15) is 17.6 Å². The number of halogens is 4. The number of aliphatic hydroxyl groups is 4. The van der Waals surface area contributed by atoms with E-state index in [2.05, 4.69) is 0 Å². The van der Waals surface area contributed by atoms with E-state index in [0.717, 1.165) is 0 Å². The van der Waals surface area contributed by atoms with Crippen LogP contribution in [0.15, 0.2) is 15.8 Å². The van der Waals surface area contributed by atoms with E-state index in [9.17, 15) is 37.4 Å². The zero-order valence-corrected chi connectivity index (χ0v) is 11.6. The first kappa shape index (κ1) is 18.5. The van der Waals surface area contributed by atoms with Crippen molar-refractivity contribution in [2.24, 2.45) is 0 Å². The van der Waals surface area contributed by atoms with E-state index in [-0.39, 0.29) is 10.8 Å². The molecule has 2 rings (SSSR count). The van der Waals surface area contributed by atoms with Gasteiger partial charge >= 0.3 is 17.7 Å². The number of hydrogen-bond acceptors (Lipinski definition) is 7. The van der Waals surface area contributed by atoms with Crippen molar-refractivity contribution >= 4 is 0 Å². The van der Waals surface area contributed by atoms with Gasteiger partial charge in [-0.25, -0.2) is 4.79 Å². The summed E-state index contributed by atoms with van der Waals surface area (Å²) >= 11 is 0. The molecule has 0 aromatic carbocycles. The lowest BCUT2D eigenvalue weighted by molar-refractivity contribution is -0.324. The maximum absolute atomic E-state index is 13.6. The molecular weight excluding hydrogens is 348 g/mol. The molecule has 1 fully saturated rings. The molecule has 0 aliphatic carbocycles. The van der Waals surface area contributed by atoms with Gasteiger partial charge in [-0.1, -0.05) is 0 Å². The quantitative estimate of drug-likeness (QED) is 0.386. The van der Waals surface area contributed by atoms with Crippen LogP contribution in [0, 0.1) is 0 Å². The van der Waals surface area contributed by atoms with Crippen molar-refractivity contribution in [1.82, 2.24) is 9.55 Å². The number of ether oxygens (including phenoxy) is 1. The summed E-state index contributed by atoms with van der Waals surface area (Å²) in [7, 11) is 0. The molecule has 0 spiro atoms. The average molecular weight is 360 g/mol. The zero-order valence-electron chi connectivity index (χ0n) is 11.6. The molecule has 1 aromatic heterocycles. The highest BCUT2D eigenvalue weighted by Gasteiger charge is 2.58. The molecule has 9 nitrogen and oxygen atoms in total. The molecule has 5 atom stereocenters. The Morgan fingerprint density at radius 1 is 1.21 bits per heavy atom. The van der Waals surface area contributed by atoms with Gasteiger partial charge in [0.2, 0.25) is 0 Å². The Labute approximate surface area is 129 Å². The molecule has 5 N–H and O–H groups in total. The van der Waals surface area contributed by atoms with Crippen molar-refractivity contribution in [2.45, 2.75) is 36.6 Å². The molecule has 1 saturated heterocycles. The van der Waals surface area contributed by atoms with Crippen LogP contribution in [0.1, 0.15) is 11.8 Å². The van der Waals surface area contributed by atoms with Gasteiger partial charge in [0.15, 0.2) is 6.23 Å². The van der Waals surface area contributed by atoms with Crippen LogP contribution in [-0.4, -0.2) is 61.1 Å². The smallest absolute Gasteiger partial charge is 0.394 e. The summed E-state index contributed by atoms with van der Waals surface area (Å²) in [5.74, 6) is -5.07. The minimum Gasteiger partial charge on any atom is -0.394 e.